The van der Waals surface area contributed by atoms with E-state index in [9.17, 15) is 9.59 Å². The molecule has 3 heterocycles. The summed E-state index contributed by atoms with van der Waals surface area (Å²) in [6.07, 6.45) is 8.63. The van der Waals surface area contributed by atoms with E-state index >= 15 is 0 Å². The quantitative estimate of drug-likeness (QED) is 0.780. The number of rotatable bonds is 7. The number of piperidine rings is 1. The van der Waals surface area contributed by atoms with Crippen LogP contribution in [-0.2, 0) is 9.53 Å². The summed E-state index contributed by atoms with van der Waals surface area (Å²) < 4.78 is 5.65. The van der Waals surface area contributed by atoms with Crippen LogP contribution in [0.5, 0.6) is 0 Å². The molecule has 0 spiro atoms. The molecule has 7 heteroatoms. The largest absolute Gasteiger partial charge is 0.378 e. The monoisotopic (exact) mass is 359 g/mol. The third-order valence-electron chi connectivity index (χ3n) is 5.75. The number of hydrogen-bond donors (Lipinski definition) is 1. The molecule has 1 radical (unpaired) electrons. The lowest BCUT2D eigenvalue weighted by atomic mass is 9.87. The Morgan fingerprint density at radius 2 is 2.19 bits per heavy atom. The first-order valence-corrected chi connectivity index (χ1v) is 9.04. The minimum absolute atomic E-state index is 0.0750. The van der Waals surface area contributed by atoms with Gasteiger partial charge in [-0.15, -0.1) is 0 Å². The first-order valence-electron chi connectivity index (χ1n) is 9.04. The van der Waals surface area contributed by atoms with Crippen molar-refractivity contribution < 1.29 is 14.3 Å². The lowest BCUT2D eigenvalue weighted by molar-refractivity contribution is -0.132. The number of nitrogens with zero attached hydrogens (tertiary/aromatic N) is 3. The third kappa shape index (κ3) is 3.46. The Labute approximate surface area is 154 Å². The van der Waals surface area contributed by atoms with Gasteiger partial charge in [0.2, 0.25) is 5.91 Å². The Morgan fingerprint density at radius 3 is 2.85 bits per heavy atom. The summed E-state index contributed by atoms with van der Waals surface area (Å²) in [6.45, 7) is 1.03. The fourth-order valence-corrected chi connectivity index (χ4v) is 4.25. The molecular formula is C19H27N4O3. The number of fused-ring (bicyclic) bond motifs is 2. The number of carbonyl (C=O) groups excluding carboxylic acids is 2. The number of aromatic nitrogens is 1. The number of hydrogen-bond acceptors (Lipinski definition) is 5. The third-order valence-corrected chi connectivity index (χ3v) is 5.75. The second-order valence-corrected chi connectivity index (χ2v) is 7.25. The van der Waals surface area contributed by atoms with Crippen molar-refractivity contribution >= 4 is 11.8 Å². The normalized spacial score (nSPS) is 26.5. The van der Waals surface area contributed by atoms with Gasteiger partial charge >= 0.3 is 0 Å². The maximum absolute atomic E-state index is 12.6. The zero-order valence-electron chi connectivity index (χ0n) is 15.4. The molecule has 1 aromatic heterocycles. The molecule has 2 aliphatic heterocycles. The molecule has 141 valence electrons. The summed E-state index contributed by atoms with van der Waals surface area (Å²) in [4.78, 5) is 32.5. The number of carbonyl (C=O) groups is 2. The smallest absolute Gasteiger partial charge is 0.253 e. The van der Waals surface area contributed by atoms with Crippen molar-refractivity contribution in [1.29, 1.82) is 0 Å². The zero-order valence-corrected chi connectivity index (χ0v) is 15.4. The van der Waals surface area contributed by atoms with Gasteiger partial charge in [-0.25, -0.2) is 0 Å². The molecule has 2 N–H and O–H groups in total. The van der Waals surface area contributed by atoms with E-state index in [4.69, 9.17) is 10.5 Å². The first-order chi connectivity index (χ1) is 12.5. The molecule has 2 fully saturated rings. The van der Waals surface area contributed by atoms with Crippen LogP contribution in [0.15, 0.2) is 24.5 Å². The van der Waals surface area contributed by atoms with E-state index in [1.54, 1.807) is 43.6 Å². The zero-order chi connectivity index (χ0) is 18.7. The summed E-state index contributed by atoms with van der Waals surface area (Å²) in [5.41, 5.74) is 5.77. The highest BCUT2D eigenvalue weighted by atomic mass is 16.5. The second kappa shape index (κ2) is 7.72. The number of primary amides is 1. The van der Waals surface area contributed by atoms with Crippen molar-refractivity contribution in [1.82, 2.24) is 14.8 Å². The van der Waals surface area contributed by atoms with Gasteiger partial charge in [-0.3, -0.25) is 19.5 Å². The number of nitrogens with two attached hydrogens (primary N) is 1. The highest BCUT2D eigenvalue weighted by Gasteiger charge is 2.53. The van der Waals surface area contributed by atoms with Crippen LogP contribution >= 0.6 is 0 Å². The maximum Gasteiger partial charge on any atom is 0.253 e. The molecule has 2 amide bonds. The fourth-order valence-electron chi connectivity index (χ4n) is 4.25. The molecule has 26 heavy (non-hydrogen) atoms. The Bertz CT molecular complexity index is 649. The molecule has 1 aromatic rings. The van der Waals surface area contributed by atoms with Crippen LogP contribution in [0.3, 0.4) is 0 Å². The van der Waals surface area contributed by atoms with Crippen molar-refractivity contribution in [2.75, 3.05) is 27.2 Å². The van der Waals surface area contributed by atoms with Crippen LogP contribution in [0, 0.1) is 6.42 Å². The van der Waals surface area contributed by atoms with Crippen LogP contribution < -0.4 is 5.73 Å². The van der Waals surface area contributed by atoms with E-state index in [-0.39, 0.29) is 17.9 Å². The second-order valence-electron chi connectivity index (χ2n) is 7.25. The van der Waals surface area contributed by atoms with Gasteiger partial charge in [0.15, 0.2) is 0 Å². The highest BCUT2D eigenvalue weighted by molar-refractivity contribution is 5.93. The van der Waals surface area contributed by atoms with Crippen molar-refractivity contribution in [3.05, 3.63) is 36.5 Å². The average Bonchev–Trinajstić information content (AvgIpc) is 2.85. The summed E-state index contributed by atoms with van der Waals surface area (Å²) in [5.74, 6) is -0.332. The number of methoxy groups -OCH3 is 1. The predicted octanol–water partition coefficient (Wildman–Crippen LogP) is 0.855. The van der Waals surface area contributed by atoms with Crippen molar-refractivity contribution in [3.63, 3.8) is 0 Å². The van der Waals surface area contributed by atoms with E-state index in [0.29, 0.717) is 31.1 Å². The van der Waals surface area contributed by atoms with Crippen LogP contribution in [0.2, 0.25) is 0 Å². The van der Waals surface area contributed by atoms with E-state index in [1.165, 1.54) is 0 Å². The molecule has 2 bridgehead atoms. The van der Waals surface area contributed by atoms with Gasteiger partial charge in [-0.2, -0.15) is 0 Å². The summed E-state index contributed by atoms with van der Waals surface area (Å²) in [6, 6.07) is 3.72. The van der Waals surface area contributed by atoms with E-state index < -0.39 is 5.54 Å². The lowest BCUT2D eigenvalue weighted by Crippen LogP contribution is -2.60. The van der Waals surface area contributed by atoms with Gasteiger partial charge in [-0.05, 0) is 44.2 Å². The minimum Gasteiger partial charge on any atom is -0.378 e. The molecule has 2 aliphatic rings. The molecule has 3 rings (SSSR count). The molecule has 7 nitrogen and oxygen atoms in total. The summed E-state index contributed by atoms with van der Waals surface area (Å²) >= 11 is 0. The number of amides is 2. The Hall–Kier alpha value is -1.99. The number of ether oxygens (including phenoxy) is 1. The molecular weight excluding hydrogens is 332 g/mol. The van der Waals surface area contributed by atoms with Crippen molar-refractivity contribution in [3.8, 4) is 0 Å². The van der Waals surface area contributed by atoms with Crippen molar-refractivity contribution in [2.24, 2.45) is 5.73 Å². The topological polar surface area (TPSA) is 88.8 Å². The predicted molar refractivity (Wildman–Crippen MR) is 97.2 cm³/mol. The molecule has 0 aliphatic carbocycles. The molecule has 2 saturated heterocycles. The fraction of sp³-hybridized carbons (Fsp3) is 0.579. The van der Waals surface area contributed by atoms with Crippen molar-refractivity contribution in [2.45, 2.75) is 43.4 Å². The number of likely N-dealkylation sites (N-methyl/N-ethyl adjacent to an activating group) is 1. The van der Waals surface area contributed by atoms with Gasteiger partial charge in [0, 0.05) is 51.2 Å². The van der Waals surface area contributed by atoms with Crippen LogP contribution in [0.1, 0.15) is 36.0 Å². The minimum atomic E-state index is -0.590. The Kier molecular flexibility index (Phi) is 5.58. The van der Waals surface area contributed by atoms with Gasteiger partial charge in [-0.1, -0.05) is 0 Å². The Balaban J connectivity index is 1.67. The molecule has 0 aromatic carbocycles. The SMILES string of the molecule is COC(CN(C)C(=O)c1ccncc1)CN1[C@@H]2C[CH]C[C@@]1(C(N)=O)CC2. The first kappa shape index (κ1) is 18.8. The lowest BCUT2D eigenvalue weighted by Gasteiger charge is -2.44. The summed E-state index contributed by atoms with van der Waals surface area (Å²) in [7, 11) is 3.40. The maximum atomic E-state index is 12.6. The van der Waals surface area contributed by atoms with E-state index in [2.05, 4.69) is 16.3 Å². The van der Waals surface area contributed by atoms with Crippen LogP contribution in [-0.4, -0.2) is 71.5 Å². The summed E-state index contributed by atoms with van der Waals surface area (Å²) in [5, 5.41) is 0. The standard InChI is InChI=1S/C19H27N4O3/c1-22(17(24)14-6-10-21-11-7-14)12-16(26-2)13-23-15-4-3-8-19(23,9-5-15)18(20)25/h3,6-7,10-11,15-16H,4-5,8-9,12-13H2,1-2H3,(H2,20,25)/t15-,16?,19+/m1/s1. The van der Waals surface area contributed by atoms with E-state index in [1.807, 2.05) is 0 Å². The highest BCUT2D eigenvalue weighted by Crippen LogP contribution is 2.43. The molecule has 0 saturated carbocycles. The van der Waals surface area contributed by atoms with Crippen LogP contribution in [0.25, 0.3) is 0 Å². The van der Waals surface area contributed by atoms with Crippen LogP contribution in [0.4, 0.5) is 0 Å². The molecule has 3 atom stereocenters. The van der Waals surface area contributed by atoms with Gasteiger partial charge in [0.25, 0.3) is 5.91 Å². The van der Waals surface area contributed by atoms with Gasteiger partial charge in [0.1, 0.15) is 5.54 Å². The van der Waals surface area contributed by atoms with E-state index in [0.717, 1.165) is 19.3 Å². The number of pyridine rings is 1. The van der Waals surface area contributed by atoms with Gasteiger partial charge in [0.05, 0.1) is 6.10 Å². The van der Waals surface area contributed by atoms with Gasteiger partial charge < -0.3 is 15.4 Å². The molecule has 1 unspecified atom stereocenters. The Morgan fingerprint density at radius 1 is 1.46 bits per heavy atom. The average molecular weight is 359 g/mol.